The average molecular weight is 361 g/mol. The molecule has 0 aliphatic carbocycles. The molecule has 128 valence electrons. The molecule has 0 fully saturated rings. The maximum absolute atomic E-state index is 5.76. The average Bonchev–Trinajstić information content (AvgIpc) is 2.61. The summed E-state index contributed by atoms with van der Waals surface area (Å²) >= 11 is 7.63. The SMILES string of the molecule is CN(CCCCCl)CCCN1c2ccccc2Sc2ccccc21. The minimum atomic E-state index is 0.771. The number of halogens is 1. The zero-order valence-corrected chi connectivity index (χ0v) is 15.8. The Labute approximate surface area is 154 Å². The van der Waals surface area contributed by atoms with Crippen molar-refractivity contribution in [3.05, 3.63) is 48.5 Å². The lowest BCUT2D eigenvalue weighted by Crippen LogP contribution is -2.27. The molecule has 0 atom stereocenters. The van der Waals surface area contributed by atoms with Crippen LogP contribution in [0.25, 0.3) is 0 Å². The molecule has 0 amide bonds. The minimum Gasteiger partial charge on any atom is -0.340 e. The van der Waals surface area contributed by atoms with Crippen LogP contribution in [0.1, 0.15) is 19.3 Å². The van der Waals surface area contributed by atoms with Gasteiger partial charge in [0.05, 0.1) is 11.4 Å². The lowest BCUT2D eigenvalue weighted by molar-refractivity contribution is 0.325. The smallest absolute Gasteiger partial charge is 0.0552 e. The number of para-hydroxylation sites is 2. The van der Waals surface area contributed by atoms with Crippen LogP contribution >= 0.6 is 23.4 Å². The zero-order valence-electron chi connectivity index (χ0n) is 14.2. The fourth-order valence-corrected chi connectivity index (χ4v) is 4.39. The first kappa shape index (κ1) is 17.7. The number of rotatable bonds is 8. The number of benzene rings is 2. The lowest BCUT2D eigenvalue weighted by atomic mass is 10.2. The van der Waals surface area contributed by atoms with Crippen LogP contribution in [0, 0.1) is 0 Å². The van der Waals surface area contributed by atoms with Crippen LogP contribution in [0.15, 0.2) is 58.3 Å². The van der Waals surface area contributed by atoms with E-state index in [-0.39, 0.29) is 0 Å². The van der Waals surface area contributed by atoms with Crippen molar-refractivity contribution in [2.24, 2.45) is 0 Å². The molecule has 2 aromatic rings. The van der Waals surface area contributed by atoms with Gasteiger partial charge in [-0.15, -0.1) is 11.6 Å². The quantitative estimate of drug-likeness (QED) is 0.445. The molecule has 0 radical (unpaired) electrons. The maximum Gasteiger partial charge on any atom is 0.0552 e. The highest BCUT2D eigenvalue weighted by Crippen LogP contribution is 2.47. The van der Waals surface area contributed by atoms with E-state index < -0.39 is 0 Å². The fraction of sp³-hybridized carbons (Fsp3) is 0.400. The summed E-state index contributed by atoms with van der Waals surface area (Å²) in [4.78, 5) is 7.61. The van der Waals surface area contributed by atoms with Gasteiger partial charge in [-0.2, -0.15) is 0 Å². The Hall–Kier alpha value is -1.16. The van der Waals surface area contributed by atoms with Gasteiger partial charge in [0.15, 0.2) is 0 Å². The van der Waals surface area contributed by atoms with Crippen LogP contribution in [0.5, 0.6) is 0 Å². The molecule has 0 unspecified atom stereocenters. The third-order valence-electron chi connectivity index (χ3n) is 4.38. The molecule has 0 aromatic heterocycles. The molecule has 0 bridgehead atoms. The molecule has 24 heavy (non-hydrogen) atoms. The molecule has 1 aliphatic rings. The van der Waals surface area contributed by atoms with Gasteiger partial charge in [-0.05, 0) is 63.7 Å². The third kappa shape index (κ3) is 4.27. The summed E-state index contributed by atoms with van der Waals surface area (Å²) in [6, 6.07) is 17.5. The number of unbranched alkanes of at least 4 members (excludes halogenated alkanes) is 1. The van der Waals surface area contributed by atoms with Gasteiger partial charge >= 0.3 is 0 Å². The second kappa shape index (κ2) is 8.80. The molecule has 1 aliphatic heterocycles. The van der Waals surface area contributed by atoms with Crippen LogP contribution < -0.4 is 4.90 Å². The standard InChI is InChI=1S/C20H25ClN2S/c1-22(14-7-6-13-21)15-8-16-23-17-9-2-4-11-19(17)24-20-12-5-3-10-18(20)23/h2-5,9-12H,6-8,13-16H2,1H3. The number of hydrogen-bond acceptors (Lipinski definition) is 3. The molecule has 0 saturated heterocycles. The van der Waals surface area contributed by atoms with Gasteiger partial charge in [-0.25, -0.2) is 0 Å². The van der Waals surface area contributed by atoms with Crippen molar-refractivity contribution < 1.29 is 0 Å². The zero-order chi connectivity index (χ0) is 16.8. The summed E-state index contributed by atoms with van der Waals surface area (Å²) in [7, 11) is 2.21. The normalized spacial score (nSPS) is 13.0. The summed E-state index contributed by atoms with van der Waals surface area (Å²) in [5.41, 5.74) is 2.68. The number of alkyl halides is 1. The van der Waals surface area contributed by atoms with E-state index in [4.69, 9.17) is 11.6 Å². The minimum absolute atomic E-state index is 0.771. The Morgan fingerprint density at radius 1 is 0.875 bits per heavy atom. The van der Waals surface area contributed by atoms with E-state index in [0.717, 1.165) is 38.4 Å². The van der Waals surface area contributed by atoms with Crippen LogP contribution in [-0.4, -0.2) is 37.5 Å². The maximum atomic E-state index is 5.76. The molecule has 0 spiro atoms. The number of anilines is 2. The molecular formula is C20H25ClN2S. The van der Waals surface area contributed by atoms with Crippen molar-refractivity contribution in [1.82, 2.24) is 4.90 Å². The van der Waals surface area contributed by atoms with Crippen molar-refractivity contribution >= 4 is 34.7 Å². The first-order chi connectivity index (χ1) is 11.8. The van der Waals surface area contributed by atoms with Crippen LogP contribution in [-0.2, 0) is 0 Å². The first-order valence-electron chi connectivity index (χ1n) is 8.67. The molecule has 0 saturated carbocycles. The van der Waals surface area contributed by atoms with Gasteiger partial charge in [0.25, 0.3) is 0 Å². The second-order valence-corrected chi connectivity index (χ2v) is 7.70. The van der Waals surface area contributed by atoms with Gasteiger partial charge in [-0.1, -0.05) is 36.0 Å². The van der Waals surface area contributed by atoms with E-state index in [2.05, 4.69) is 65.4 Å². The third-order valence-corrected chi connectivity index (χ3v) is 5.77. The second-order valence-electron chi connectivity index (χ2n) is 6.24. The molecule has 4 heteroatoms. The Morgan fingerprint density at radius 3 is 2.08 bits per heavy atom. The molecule has 2 aromatic carbocycles. The van der Waals surface area contributed by atoms with Crippen LogP contribution in [0.4, 0.5) is 11.4 Å². The highest BCUT2D eigenvalue weighted by molar-refractivity contribution is 7.99. The lowest BCUT2D eigenvalue weighted by Gasteiger charge is -2.33. The highest BCUT2D eigenvalue weighted by atomic mass is 35.5. The predicted molar refractivity (Wildman–Crippen MR) is 106 cm³/mol. The molecule has 3 rings (SSSR count). The van der Waals surface area contributed by atoms with Gasteiger partial charge in [-0.3, -0.25) is 0 Å². The van der Waals surface area contributed by atoms with Crippen molar-refractivity contribution in [3.63, 3.8) is 0 Å². The Morgan fingerprint density at radius 2 is 1.46 bits per heavy atom. The first-order valence-corrected chi connectivity index (χ1v) is 10.0. The van der Waals surface area contributed by atoms with E-state index in [1.807, 2.05) is 11.8 Å². The van der Waals surface area contributed by atoms with Crippen LogP contribution in [0.3, 0.4) is 0 Å². The van der Waals surface area contributed by atoms with Gasteiger partial charge in [0, 0.05) is 22.2 Å². The summed E-state index contributed by atoms with van der Waals surface area (Å²) in [6.45, 7) is 3.31. The Kier molecular flexibility index (Phi) is 6.47. The molecule has 2 nitrogen and oxygen atoms in total. The Bertz CT molecular complexity index is 616. The van der Waals surface area contributed by atoms with Crippen molar-refractivity contribution in [1.29, 1.82) is 0 Å². The fourth-order valence-electron chi connectivity index (χ4n) is 3.11. The predicted octanol–water partition coefficient (Wildman–Crippen LogP) is 5.63. The van der Waals surface area contributed by atoms with Gasteiger partial charge in [0.2, 0.25) is 0 Å². The van der Waals surface area contributed by atoms with Crippen molar-refractivity contribution in [3.8, 4) is 0 Å². The number of nitrogens with zero attached hydrogens (tertiary/aromatic N) is 2. The van der Waals surface area contributed by atoms with Crippen molar-refractivity contribution in [2.45, 2.75) is 29.1 Å². The number of fused-ring (bicyclic) bond motifs is 2. The summed E-state index contributed by atoms with van der Waals surface area (Å²) in [5, 5.41) is 0. The summed E-state index contributed by atoms with van der Waals surface area (Å²) in [6.07, 6.45) is 3.45. The van der Waals surface area contributed by atoms with E-state index in [0.29, 0.717) is 0 Å². The summed E-state index contributed by atoms with van der Waals surface area (Å²) < 4.78 is 0. The Balaban J connectivity index is 1.65. The van der Waals surface area contributed by atoms with E-state index in [9.17, 15) is 0 Å². The number of hydrogen-bond donors (Lipinski definition) is 0. The van der Waals surface area contributed by atoms with Crippen LogP contribution in [0.2, 0.25) is 0 Å². The monoisotopic (exact) mass is 360 g/mol. The van der Waals surface area contributed by atoms with E-state index in [1.165, 1.54) is 27.6 Å². The summed E-state index contributed by atoms with van der Waals surface area (Å²) in [5.74, 6) is 0.771. The van der Waals surface area contributed by atoms with E-state index >= 15 is 0 Å². The highest BCUT2D eigenvalue weighted by Gasteiger charge is 2.22. The topological polar surface area (TPSA) is 6.48 Å². The van der Waals surface area contributed by atoms with E-state index in [1.54, 1.807) is 0 Å². The molecule has 0 N–H and O–H groups in total. The largest absolute Gasteiger partial charge is 0.340 e. The van der Waals surface area contributed by atoms with Crippen molar-refractivity contribution in [2.75, 3.05) is 37.5 Å². The molecule has 1 heterocycles. The van der Waals surface area contributed by atoms with Gasteiger partial charge in [0.1, 0.15) is 0 Å². The van der Waals surface area contributed by atoms with Gasteiger partial charge < -0.3 is 9.80 Å². The molecular weight excluding hydrogens is 336 g/mol.